The predicted molar refractivity (Wildman–Crippen MR) is 61.7 cm³/mol. The van der Waals surface area contributed by atoms with Gasteiger partial charge in [0.25, 0.3) is 0 Å². The van der Waals surface area contributed by atoms with Crippen LogP contribution in [0, 0.1) is 0 Å². The predicted octanol–water partition coefficient (Wildman–Crippen LogP) is 1.84. The minimum Gasteiger partial charge on any atom is -0.393 e. The van der Waals surface area contributed by atoms with E-state index >= 15 is 0 Å². The lowest BCUT2D eigenvalue weighted by molar-refractivity contribution is 0.00131. The van der Waals surface area contributed by atoms with Gasteiger partial charge in [0.2, 0.25) is 0 Å². The first-order chi connectivity index (χ1) is 7.07. The maximum atomic E-state index is 9.60. The molecule has 0 aliphatic heterocycles. The molecule has 0 fully saturated rings. The zero-order valence-corrected chi connectivity index (χ0v) is 10.0. The molecule has 0 aromatic carbocycles. The van der Waals surface area contributed by atoms with Gasteiger partial charge in [-0.15, -0.1) is 0 Å². The number of aliphatic hydroxyl groups excluding tert-OH is 3. The first kappa shape index (κ1) is 14.9. The molecule has 0 aromatic rings. The molecule has 3 heteroatoms. The van der Waals surface area contributed by atoms with E-state index < -0.39 is 18.3 Å². The van der Waals surface area contributed by atoms with E-state index in [1.165, 1.54) is 12.8 Å². The molecule has 0 spiro atoms. The molecule has 0 radical (unpaired) electrons. The molecular weight excluding hydrogens is 192 g/mol. The highest BCUT2D eigenvalue weighted by Gasteiger charge is 2.15. The van der Waals surface area contributed by atoms with E-state index in [1.807, 2.05) is 0 Å². The van der Waals surface area contributed by atoms with Crippen molar-refractivity contribution >= 4 is 0 Å². The van der Waals surface area contributed by atoms with Gasteiger partial charge in [-0.3, -0.25) is 0 Å². The normalized spacial score (nSPS) is 17.4. The number of aliphatic hydroxyl groups is 3. The van der Waals surface area contributed by atoms with Crippen LogP contribution in [0.5, 0.6) is 0 Å². The zero-order chi connectivity index (χ0) is 11.7. The Morgan fingerprint density at radius 2 is 1.40 bits per heavy atom. The maximum absolute atomic E-state index is 9.60. The number of hydrogen-bond donors (Lipinski definition) is 3. The fraction of sp³-hybridized carbons (Fsp3) is 1.00. The Morgan fingerprint density at radius 1 is 0.800 bits per heavy atom. The third-order valence-electron chi connectivity index (χ3n) is 2.68. The molecule has 0 aliphatic rings. The monoisotopic (exact) mass is 218 g/mol. The minimum absolute atomic E-state index is 0.396. The molecule has 0 saturated heterocycles. The Balaban J connectivity index is 3.46. The van der Waals surface area contributed by atoms with Crippen LogP contribution < -0.4 is 0 Å². The van der Waals surface area contributed by atoms with Crippen molar-refractivity contribution in [3.05, 3.63) is 0 Å². The fourth-order valence-corrected chi connectivity index (χ4v) is 1.58. The largest absolute Gasteiger partial charge is 0.393 e. The lowest BCUT2D eigenvalue weighted by Crippen LogP contribution is -2.26. The second-order valence-corrected chi connectivity index (χ2v) is 4.41. The van der Waals surface area contributed by atoms with E-state index in [9.17, 15) is 10.2 Å². The van der Waals surface area contributed by atoms with Crippen molar-refractivity contribution < 1.29 is 15.3 Å². The lowest BCUT2D eigenvalue weighted by Gasteiger charge is -2.18. The molecule has 0 saturated carbocycles. The van der Waals surface area contributed by atoms with Crippen LogP contribution in [-0.4, -0.2) is 33.6 Å². The maximum Gasteiger partial charge on any atom is 0.0800 e. The summed E-state index contributed by atoms with van der Waals surface area (Å²) in [5, 5.41) is 28.2. The third kappa shape index (κ3) is 8.85. The van der Waals surface area contributed by atoms with E-state index in [1.54, 1.807) is 6.92 Å². The average Bonchev–Trinajstić information content (AvgIpc) is 2.20. The van der Waals surface area contributed by atoms with Crippen molar-refractivity contribution in [1.29, 1.82) is 0 Å². The summed E-state index contributed by atoms with van der Waals surface area (Å²) in [5.74, 6) is 0. The summed E-state index contributed by atoms with van der Waals surface area (Å²) >= 11 is 0. The van der Waals surface area contributed by atoms with Crippen molar-refractivity contribution in [3.8, 4) is 0 Å². The van der Waals surface area contributed by atoms with Crippen LogP contribution in [0.1, 0.15) is 58.8 Å². The molecule has 3 unspecified atom stereocenters. The van der Waals surface area contributed by atoms with Crippen LogP contribution in [0.2, 0.25) is 0 Å². The third-order valence-corrected chi connectivity index (χ3v) is 2.68. The van der Waals surface area contributed by atoms with E-state index in [2.05, 4.69) is 6.92 Å². The Bertz CT molecular complexity index is 137. The first-order valence-corrected chi connectivity index (χ1v) is 6.12. The quantitative estimate of drug-likeness (QED) is 0.517. The molecular formula is C12H26O3. The van der Waals surface area contributed by atoms with Crippen molar-refractivity contribution in [2.75, 3.05) is 0 Å². The summed E-state index contributed by atoms with van der Waals surface area (Å²) in [5.41, 5.74) is 0. The van der Waals surface area contributed by atoms with Gasteiger partial charge in [-0.05, 0) is 26.2 Å². The van der Waals surface area contributed by atoms with Gasteiger partial charge in [-0.2, -0.15) is 0 Å². The lowest BCUT2D eigenvalue weighted by atomic mass is 10.0. The van der Waals surface area contributed by atoms with Crippen molar-refractivity contribution in [2.45, 2.75) is 77.1 Å². The molecule has 0 aliphatic carbocycles. The van der Waals surface area contributed by atoms with E-state index in [-0.39, 0.29) is 0 Å². The standard InChI is InChI=1S/C12H26O3/c1-3-4-5-6-7-11(14)12(15)9-8-10(2)13/h10-15H,3-9H2,1-2H3. The Hall–Kier alpha value is -0.120. The molecule has 0 amide bonds. The van der Waals surface area contributed by atoms with Crippen LogP contribution in [0.3, 0.4) is 0 Å². The topological polar surface area (TPSA) is 60.7 Å². The summed E-state index contributed by atoms with van der Waals surface area (Å²) in [6.45, 7) is 3.84. The summed E-state index contributed by atoms with van der Waals surface area (Å²) in [6, 6.07) is 0. The van der Waals surface area contributed by atoms with E-state index in [0.29, 0.717) is 19.3 Å². The highest BCUT2D eigenvalue weighted by atomic mass is 16.3. The molecule has 15 heavy (non-hydrogen) atoms. The first-order valence-electron chi connectivity index (χ1n) is 6.12. The summed E-state index contributed by atoms with van der Waals surface area (Å²) in [4.78, 5) is 0. The number of unbranched alkanes of at least 4 members (excludes halogenated alkanes) is 3. The van der Waals surface area contributed by atoms with Crippen LogP contribution in [0.4, 0.5) is 0 Å². The average molecular weight is 218 g/mol. The van der Waals surface area contributed by atoms with Crippen LogP contribution in [-0.2, 0) is 0 Å². The molecule has 0 rings (SSSR count). The van der Waals surface area contributed by atoms with Crippen LogP contribution in [0.15, 0.2) is 0 Å². The van der Waals surface area contributed by atoms with Gasteiger partial charge in [0.15, 0.2) is 0 Å². The Kier molecular flexibility index (Phi) is 9.06. The van der Waals surface area contributed by atoms with Gasteiger partial charge in [0, 0.05) is 0 Å². The van der Waals surface area contributed by atoms with E-state index in [0.717, 1.165) is 12.8 Å². The fourth-order valence-electron chi connectivity index (χ4n) is 1.58. The van der Waals surface area contributed by atoms with Gasteiger partial charge in [0.1, 0.15) is 0 Å². The van der Waals surface area contributed by atoms with Gasteiger partial charge >= 0.3 is 0 Å². The zero-order valence-electron chi connectivity index (χ0n) is 10.0. The van der Waals surface area contributed by atoms with Gasteiger partial charge in [-0.25, -0.2) is 0 Å². The smallest absolute Gasteiger partial charge is 0.0800 e. The van der Waals surface area contributed by atoms with Crippen molar-refractivity contribution in [1.82, 2.24) is 0 Å². The molecule has 0 bridgehead atoms. The molecule has 3 nitrogen and oxygen atoms in total. The van der Waals surface area contributed by atoms with Crippen molar-refractivity contribution in [3.63, 3.8) is 0 Å². The molecule has 92 valence electrons. The van der Waals surface area contributed by atoms with Crippen molar-refractivity contribution in [2.24, 2.45) is 0 Å². The molecule has 3 N–H and O–H groups in total. The summed E-state index contributed by atoms with van der Waals surface area (Å²) < 4.78 is 0. The second kappa shape index (κ2) is 9.13. The summed E-state index contributed by atoms with van der Waals surface area (Å²) in [6.07, 6.45) is 4.46. The molecule has 0 heterocycles. The number of rotatable bonds is 9. The van der Waals surface area contributed by atoms with Crippen LogP contribution >= 0.6 is 0 Å². The van der Waals surface area contributed by atoms with E-state index in [4.69, 9.17) is 5.11 Å². The van der Waals surface area contributed by atoms with Gasteiger partial charge in [-0.1, -0.05) is 32.6 Å². The van der Waals surface area contributed by atoms with Crippen LogP contribution in [0.25, 0.3) is 0 Å². The molecule has 3 atom stereocenters. The molecule has 0 aromatic heterocycles. The van der Waals surface area contributed by atoms with Gasteiger partial charge in [0.05, 0.1) is 18.3 Å². The Morgan fingerprint density at radius 3 is 1.93 bits per heavy atom. The minimum atomic E-state index is -0.679. The SMILES string of the molecule is CCCCCCC(O)C(O)CCC(C)O. The Labute approximate surface area is 93.1 Å². The summed E-state index contributed by atoms with van der Waals surface area (Å²) in [7, 11) is 0. The van der Waals surface area contributed by atoms with Gasteiger partial charge < -0.3 is 15.3 Å². The highest BCUT2D eigenvalue weighted by molar-refractivity contribution is 4.68. The highest BCUT2D eigenvalue weighted by Crippen LogP contribution is 2.12. The second-order valence-electron chi connectivity index (χ2n) is 4.41. The number of hydrogen-bond acceptors (Lipinski definition) is 3.